The zero-order valence-corrected chi connectivity index (χ0v) is 11.5. The highest BCUT2D eigenvalue weighted by Gasteiger charge is 2.22. The highest BCUT2D eigenvalue weighted by Crippen LogP contribution is 2.13. The maximum atomic E-state index is 12.2. The van der Waals surface area contributed by atoms with Gasteiger partial charge in [0.15, 0.2) is 0 Å². The minimum atomic E-state index is -0.379. The number of hydrogen-bond acceptors (Lipinski definition) is 3. The molecule has 1 aliphatic heterocycles. The Bertz CT molecular complexity index is 411. The summed E-state index contributed by atoms with van der Waals surface area (Å²) in [5, 5.41) is 0. The number of hydrogen-bond donors (Lipinski definition) is 1. The molecule has 0 saturated carbocycles. The van der Waals surface area contributed by atoms with E-state index < -0.39 is 0 Å². The molecule has 0 radical (unpaired) electrons. The number of anilines is 1. The van der Waals surface area contributed by atoms with Gasteiger partial charge in [-0.3, -0.25) is 4.79 Å². The Balaban J connectivity index is 1.81. The summed E-state index contributed by atoms with van der Waals surface area (Å²) in [5.74, 6) is 0.107. The number of benzene rings is 1. The summed E-state index contributed by atoms with van der Waals surface area (Å²) in [6.45, 7) is 4.01. The molecule has 104 valence electrons. The van der Waals surface area contributed by atoms with Crippen molar-refractivity contribution >= 4 is 11.6 Å². The molecule has 1 aromatic carbocycles. The van der Waals surface area contributed by atoms with Crippen LogP contribution in [0.3, 0.4) is 0 Å². The van der Waals surface area contributed by atoms with E-state index in [1.165, 1.54) is 6.42 Å². The van der Waals surface area contributed by atoms with Crippen LogP contribution in [-0.4, -0.2) is 30.0 Å². The number of rotatable bonds is 4. The lowest BCUT2D eigenvalue weighted by Crippen LogP contribution is -2.42. The molecule has 2 N–H and O–H groups in total. The van der Waals surface area contributed by atoms with E-state index in [4.69, 9.17) is 10.5 Å². The molecular weight excluding hydrogens is 240 g/mol. The van der Waals surface area contributed by atoms with Crippen molar-refractivity contribution in [3.8, 4) is 0 Å². The van der Waals surface area contributed by atoms with Gasteiger partial charge in [0, 0.05) is 18.8 Å². The number of amides is 1. The molecule has 4 heteroatoms. The zero-order chi connectivity index (χ0) is 13.7. The summed E-state index contributed by atoms with van der Waals surface area (Å²) in [7, 11) is 0. The third kappa shape index (κ3) is 3.96. The fraction of sp³-hybridized carbons (Fsp3) is 0.533. The molecule has 0 aliphatic carbocycles. The Morgan fingerprint density at radius 3 is 2.53 bits per heavy atom. The average molecular weight is 262 g/mol. The predicted molar refractivity (Wildman–Crippen MR) is 75.5 cm³/mol. The molecule has 19 heavy (non-hydrogen) atoms. The van der Waals surface area contributed by atoms with Crippen LogP contribution < -0.4 is 5.73 Å². The second kappa shape index (κ2) is 6.57. The van der Waals surface area contributed by atoms with Gasteiger partial charge in [-0.1, -0.05) is 12.1 Å². The predicted octanol–water partition coefficient (Wildman–Crippen LogP) is 2.19. The third-order valence-corrected chi connectivity index (χ3v) is 3.50. The molecule has 1 amide bonds. The van der Waals surface area contributed by atoms with Crippen molar-refractivity contribution < 1.29 is 9.53 Å². The van der Waals surface area contributed by atoms with Gasteiger partial charge in [0.1, 0.15) is 6.10 Å². The highest BCUT2D eigenvalue weighted by atomic mass is 16.5. The number of carbonyl (C=O) groups excluding carboxylic acids is 1. The minimum Gasteiger partial charge on any atom is -0.399 e. The average Bonchev–Trinajstić information content (AvgIpc) is 2.46. The Labute approximate surface area is 114 Å². The summed E-state index contributed by atoms with van der Waals surface area (Å²) in [6.07, 6.45) is 3.06. The van der Waals surface area contributed by atoms with Gasteiger partial charge in [-0.05, 0) is 43.9 Å². The van der Waals surface area contributed by atoms with E-state index in [-0.39, 0.29) is 12.0 Å². The van der Waals surface area contributed by atoms with Gasteiger partial charge in [0.2, 0.25) is 0 Å². The Kier molecular flexibility index (Phi) is 4.80. The van der Waals surface area contributed by atoms with E-state index in [0.717, 1.165) is 37.2 Å². The lowest BCUT2D eigenvalue weighted by atomic mass is 10.1. The van der Waals surface area contributed by atoms with Gasteiger partial charge in [-0.15, -0.1) is 0 Å². The largest absolute Gasteiger partial charge is 0.399 e. The van der Waals surface area contributed by atoms with Crippen molar-refractivity contribution in [2.24, 2.45) is 0 Å². The maximum Gasteiger partial charge on any atom is 0.251 e. The van der Waals surface area contributed by atoms with Gasteiger partial charge in [-0.25, -0.2) is 0 Å². The van der Waals surface area contributed by atoms with Crippen LogP contribution in [0.2, 0.25) is 0 Å². The summed E-state index contributed by atoms with van der Waals surface area (Å²) < 4.78 is 5.65. The quantitative estimate of drug-likeness (QED) is 0.846. The number of ether oxygens (including phenoxy) is 1. The number of piperidine rings is 1. The lowest BCUT2D eigenvalue weighted by Gasteiger charge is -2.29. The molecular formula is C15H22N2O2. The van der Waals surface area contributed by atoms with Crippen molar-refractivity contribution in [2.45, 2.75) is 38.9 Å². The summed E-state index contributed by atoms with van der Waals surface area (Å²) >= 11 is 0. The van der Waals surface area contributed by atoms with Crippen LogP contribution in [0, 0.1) is 0 Å². The number of carbonyl (C=O) groups is 1. The van der Waals surface area contributed by atoms with Gasteiger partial charge >= 0.3 is 0 Å². The van der Waals surface area contributed by atoms with Crippen LogP contribution in [0.5, 0.6) is 0 Å². The molecule has 1 aromatic rings. The lowest BCUT2D eigenvalue weighted by molar-refractivity contribution is -0.144. The maximum absolute atomic E-state index is 12.2. The minimum absolute atomic E-state index is 0.107. The SMILES string of the molecule is CC(OCc1ccc(N)cc1)C(=O)N1CCCCC1. The fourth-order valence-corrected chi connectivity index (χ4v) is 2.28. The van der Waals surface area contributed by atoms with Gasteiger partial charge in [0.25, 0.3) is 5.91 Å². The standard InChI is InChI=1S/C15H22N2O2/c1-12(15(18)17-9-3-2-4-10-17)19-11-13-5-7-14(16)8-6-13/h5-8,12H,2-4,9-11,16H2,1H3. The normalized spacial score (nSPS) is 17.2. The first-order valence-electron chi connectivity index (χ1n) is 6.91. The van der Waals surface area contributed by atoms with Crippen LogP contribution in [0.15, 0.2) is 24.3 Å². The van der Waals surface area contributed by atoms with Crippen molar-refractivity contribution in [1.82, 2.24) is 4.90 Å². The van der Waals surface area contributed by atoms with E-state index >= 15 is 0 Å². The summed E-state index contributed by atoms with van der Waals surface area (Å²) in [6, 6.07) is 7.53. The van der Waals surface area contributed by atoms with Crippen LogP contribution >= 0.6 is 0 Å². The molecule has 2 rings (SSSR count). The molecule has 1 saturated heterocycles. The molecule has 1 fully saturated rings. The van der Waals surface area contributed by atoms with Crippen LogP contribution in [-0.2, 0) is 16.1 Å². The first-order valence-corrected chi connectivity index (χ1v) is 6.91. The van der Waals surface area contributed by atoms with E-state index in [9.17, 15) is 4.79 Å². The highest BCUT2D eigenvalue weighted by molar-refractivity contribution is 5.80. The van der Waals surface area contributed by atoms with Crippen molar-refractivity contribution in [3.05, 3.63) is 29.8 Å². The number of likely N-dealkylation sites (tertiary alicyclic amines) is 1. The topological polar surface area (TPSA) is 55.6 Å². The van der Waals surface area contributed by atoms with Crippen LogP contribution in [0.1, 0.15) is 31.7 Å². The van der Waals surface area contributed by atoms with E-state index in [1.807, 2.05) is 36.1 Å². The fourth-order valence-electron chi connectivity index (χ4n) is 2.28. The first-order chi connectivity index (χ1) is 9.16. The zero-order valence-electron chi connectivity index (χ0n) is 11.5. The van der Waals surface area contributed by atoms with Crippen LogP contribution in [0.4, 0.5) is 5.69 Å². The Morgan fingerprint density at radius 1 is 1.26 bits per heavy atom. The summed E-state index contributed by atoms with van der Waals surface area (Å²) in [4.78, 5) is 14.1. The first kappa shape index (κ1) is 13.9. The van der Waals surface area contributed by atoms with Gasteiger partial charge in [-0.2, -0.15) is 0 Å². The van der Waals surface area contributed by atoms with E-state index in [0.29, 0.717) is 6.61 Å². The number of nitrogen functional groups attached to an aromatic ring is 1. The molecule has 4 nitrogen and oxygen atoms in total. The van der Waals surface area contributed by atoms with Gasteiger partial charge in [0.05, 0.1) is 6.61 Å². The monoisotopic (exact) mass is 262 g/mol. The second-order valence-corrected chi connectivity index (χ2v) is 5.08. The molecule has 0 aromatic heterocycles. The van der Waals surface area contributed by atoms with E-state index in [2.05, 4.69) is 0 Å². The molecule has 1 atom stereocenters. The van der Waals surface area contributed by atoms with Crippen LogP contribution in [0.25, 0.3) is 0 Å². The molecule has 0 spiro atoms. The molecule has 0 bridgehead atoms. The van der Waals surface area contributed by atoms with E-state index in [1.54, 1.807) is 0 Å². The molecule has 1 unspecified atom stereocenters. The molecule has 1 heterocycles. The second-order valence-electron chi connectivity index (χ2n) is 5.08. The van der Waals surface area contributed by atoms with Crippen molar-refractivity contribution in [3.63, 3.8) is 0 Å². The smallest absolute Gasteiger partial charge is 0.251 e. The summed E-state index contributed by atoms with van der Waals surface area (Å²) in [5.41, 5.74) is 7.40. The Morgan fingerprint density at radius 2 is 1.89 bits per heavy atom. The number of nitrogens with zero attached hydrogens (tertiary/aromatic N) is 1. The Hall–Kier alpha value is -1.55. The number of nitrogens with two attached hydrogens (primary N) is 1. The third-order valence-electron chi connectivity index (χ3n) is 3.50. The van der Waals surface area contributed by atoms with Crippen molar-refractivity contribution in [2.75, 3.05) is 18.8 Å². The molecule has 1 aliphatic rings. The van der Waals surface area contributed by atoms with Crippen molar-refractivity contribution in [1.29, 1.82) is 0 Å². The van der Waals surface area contributed by atoms with Gasteiger partial charge < -0.3 is 15.4 Å².